The maximum absolute atomic E-state index is 12.6. The molecular weight excluding hydrogens is 270 g/mol. The van der Waals surface area contributed by atoms with Crippen molar-refractivity contribution in [2.24, 2.45) is 0 Å². The Morgan fingerprint density at radius 1 is 1.24 bits per heavy atom. The van der Waals surface area contributed by atoms with E-state index in [4.69, 9.17) is 9.47 Å². The molecule has 1 N–H and O–H groups in total. The van der Waals surface area contributed by atoms with Gasteiger partial charge in [0, 0.05) is 5.56 Å². The van der Waals surface area contributed by atoms with E-state index in [1.807, 2.05) is 19.9 Å². The van der Waals surface area contributed by atoms with Gasteiger partial charge in [0.2, 0.25) is 0 Å². The van der Waals surface area contributed by atoms with Gasteiger partial charge in [0.25, 0.3) is 0 Å². The molecule has 0 saturated carbocycles. The molecule has 2 rings (SSSR count). The van der Waals surface area contributed by atoms with Crippen LogP contribution in [-0.4, -0.2) is 24.7 Å². The van der Waals surface area contributed by atoms with Crippen molar-refractivity contribution in [3.8, 4) is 5.75 Å². The Morgan fingerprint density at radius 2 is 1.90 bits per heavy atom. The molecule has 0 atom stereocenters. The van der Waals surface area contributed by atoms with E-state index in [1.165, 1.54) is 0 Å². The lowest BCUT2D eigenvalue weighted by Gasteiger charge is -2.14. The van der Waals surface area contributed by atoms with E-state index in [0.29, 0.717) is 22.2 Å². The van der Waals surface area contributed by atoms with Gasteiger partial charge in [-0.05, 0) is 38.8 Å². The molecular formula is C16H19NO4. The molecule has 0 radical (unpaired) electrons. The van der Waals surface area contributed by atoms with Crippen molar-refractivity contribution < 1.29 is 14.3 Å². The molecule has 0 bridgehead atoms. The number of carbonyl (C=O) groups is 1. The topological polar surface area (TPSA) is 68.4 Å². The van der Waals surface area contributed by atoms with Crippen molar-refractivity contribution in [3.63, 3.8) is 0 Å². The number of hydrogen-bond acceptors (Lipinski definition) is 4. The smallest absolute Gasteiger partial charge is 0.355 e. The van der Waals surface area contributed by atoms with Gasteiger partial charge < -0.3 is 14.5 Å². The molecule has 0 aliphatic heterocycles. The molecule has 0 saturated heterocycles. The predicted octanol–water partition coefficient (Wildman–Crippen LogP) is 2.64. The first-order valence-electron chi connectivity index (χ1n) is 6.80. The van der Waals surface area contributed by atoms with Gasteiger partial charge in [0.1, 0.15) is 11.4 Å². The minimum Gasteiger partial charge on any atom is -0.494 e. The Morgan fingerprint density at radius 3 is 2.48 bits per heavy atom. The van der Waals surface area contributed by atoms with Crippen LogP contribution in [0, 0.1) is 20.8 Å². The fourth-order valence-corrected chi connectivity index (χ4v) is 2.57. The second-order valence-electron chi connectivity index (χ2n) is 4.97. The van der Waals surface area contributed by atoms with Gasteiger partial charge in [-0.3, -0.25) is 4.79 Å². The number of H-pyrrole nitrogens is 1. The standard InChI is InChI=1S/C16H19NO4/c1-6-21-16(19)12-10(4)14(18)11-8(2)7-9(3)15(20-5)13(11)17-12/h7H,6H2,1-5H3,(H,17,18). The van der Waals surface area contributed by atoms with Crippen LogP contribution in [0.25, 0.3) is 10.9 Å². The third kappa shape index (κ3) is 2.39. The Hall–Kier alpha value is -2.30. The van der Waals surface area contributed by atoms with E-state index < -0.39 is 5.97 Å². The van der Waals surface area contributed by atoms with Gasteiger partial charge in [-0.15, -0.1) is 0 Å². The average molecular weight is 289 g/mol. The highest BCUT2D eigenvalue weighted by molar-refractivity contribution is 5.96. The third-order valence-corrected chi connectivity index (χ3v) is 3.54. The van der Waals surface area contributed by atoms with Crippen LogP contribution in [0.1, 0.15) is 34.1 Å². The van der Waals surface area contributed by atoms with E-state index in [-0.39, 0.29) is 17.7 Å². The predicted molar refractivity (Wildman–Crippen MR) is 81.3 cm³/mol. The number of nitrogens with one attached hydrogen (secondary N) is 1. The zero-order valence-corrected chi connectivity index (χ0v) is 12.9. The highest BCUT2D eigenvalue weighted by Gasteiger charge is 2.19. The van der Waals surface area contributed by atoms with Crippen LogP contribution in [0.4, 0.5) is 0 Å². The molecule has 2 aromatic rings. The number of rotatable bonds is 3. The summed E-state index contributed by atoms with van der Waals surface area (Å²) in [7, 11) is 1.54. The van der Waals surface area contributed by atoms with E-state index in [2.05, 4.69) is 4.98 Å². The number of carbonyl (C=O) groups excluding carboxylic acids is 1. The fourth-order valence-electron chi connectivity index (χ4n) is 2.57. The molecule has 1 heterocycles. The lowest BCUT2D eigenvalue weighted by atomic mass is 10.0. The molecule has 1 aromatic carbocycles. The molecule has 1 aromatic heterocycles. The van der Waals surface area contributed by atoms with Crippen LogP contribution in [0.2, 0.25) is 0 Å². The van der Waals surface area contributed by atoms with Gasteiger partial charge in [-0.2, -0.15) is 0 Å². The first-order valence-corrected chi connectivity index (χ1v) is 6.80. The number of ether oxygens (including phenoxy) is 2. The van der Waals surface area contributed by atoms with Crippen LogP contribution in [0.3, 0.4) is 0 Å². The summed E-state index contributed by atoms with van der Waals surface area (Å²) >= 11 is 0. The maximum Gasteiger partial charge on any atom is 0.355 e. The summed E-state index contributed by atoms with van der Waals surface area (Å²) in [5.74, 6) is 0.0356. The Labute approximate surface area is 122 Å². The zero-order valence-electron chi connectivity index (χ0n) is 12.9. The van der Waals surface area contributed by atoms with Gasteiger partial charge >= 0.3 is 5.97 Å². The highest BCUT2D eigenvalue weighted by Crippen LogP contribution is 2.29. The Bertz CT molecular complexity index is 774. The normalized spacial score (nSPS) is 10.7. The minimum absolute atomic E-state index is 0.178. The molecule has 0 spiro atoms. The summed E-state index contributed by atoms with van der Waals surface area (Å²) < 4.78 is 10.4. The summed E-state index contributed by atoms with van der Waals surface area (Å²) in [5.41, 5.74) is 2.64. The number of aryl methyl sites for hydroxylation is 2. The van der Waals surface area contributed by atoms with E-state index in [9.17, 15) is 9.59 Å². The fraction of sp³-hybridized carbons (Fsp3) is 0.375. The maximum atomic E-state index is 12.6. The van der Waals surface area contributed by atoms with Crippen molar-refractivity contribution in [2.75, 3.05) is 13.7 Å². The van der Waals surface area contributed by atoms with Gasteiger partial charge in [0.15, 0.2) is 5.43 Å². The van der Waals surface area contributed by atoms with Crippen molar-refractivity contribution in [3.05, 3.63) is 38.7 Å². The summed E-state index contributed by atoms with van der Waals surface area (Å²) in [5, 5.41) is 0.544. The largest absolute Gasteiger partial charge is 0.494 e. The van der Waals surface area contributed by atoms with Gasteiger partial charge in [-0.1, -0.05) is 6.07 Å². The zero-order chi connectivity index (χ0) is 15.7. The number of esters is 1. The molecule has 0 aliphatic carbocycles. The lowest BCUT2D eigenvalue weighted by molar-refractivity contribution is 0.0519. The van der Waals surface area contributed by atoms with Crippen LogP contribution in [0.15, 0.2) is 10.9 Å². The molecule has 0 amide bonds. The quantitative estimate of drug-likeness (QED) is 0.882. The SMILES string of the molecule is CCOC(=O)c1[nH]c2c(OC)c(C)cc(C)c2c(=O)c1C. The van der Waals surface area contributed by atoms with E-state index >= 15 is 0 Å². The number of fused-ring (bicyclic) bond motifs is 1. The molecule has 0 unspecified atom stereocenters. The molecule has 5 nitrogen and oxygen atoms in total. The summed E-state index contributed by atoms with van der Waals surface area (Å²) in [4.78, 5) is 27.6. The van der Waals surface area contributed by atoms with Gasteiger partial charge in [0.05, 0.1) is 24.6 Å². The number of benzene rings is 1. The number of aromatic amines is 1. The second-order valence-corrected chi connectivity index (χ2v) is 4.97. The minimum atomic E-state index is -0.532. The van der Waals surface area contributed by atoms with Crippen LogP contribution in [0.5, 0.6) is 5.75 Å². The number of aromatic nitrogens is 1. The van der Waals surface area contributed by atoms with E-state index in [1.54, 1.807) is 21.0 Å². The van der Waals surface area contributed by atoms with Gasteiger partial charge in [-0.25, -0.2) is 4.79 Å². The monoisotopic (exact) mass is 289 g/mol. The second kappa shape index (κ2) is 5.60. The lowest BCUT2D eigenvalue weighted by Crippen LogP contribution is -2.18. The first kappa shape index (κ1) is 15.1. The molecule has 0 fully saturated rings. The molecule has 21 heavy (non-hydrogen) atoms. The number of pyridine rings is 1. The molecule has 5 heteroatoms. The van der Waals surface area contributed by atoms with Crippen LogP contribution in [-0.2, 0) is 4.74 Å². The summed E-state index contributed by atoms with van der Waals surface area (Å²) in [6, 6.07) is 1.90. The number of methoxy groups -OCH3 is 1. The molecule has 112 valence electrons. The van der Waals surface area contributed by atoms with E-state index in [0.717, 1.165) is 11.1 Å². The summed E-state index contributed by atoms with van der Waals surface area (Å²) in [6.07, 6.45) is 0. The first-order chi connectivity index (χ1) is 9.92. The molecule has 0 aliphatic rings. The highest BCUT2D eigenvalue weighted by atomic mass is 16.5. The van der Waals surface area contributed by atoms with Crippen molar-refractivity contribution in [2.45, 2.75) is 27.7 Å². The van der Waals surface area contributed by atoms with Crippen LogP contribution >= 0.6 is 0 Å². The van der Waals surface area contributed by atoms with Crippen molar-refractivity contribution in [1.82, 2.24) is 4.98 Å². The van der Waals surface area contributed by atoms with Crippen LogP contribution < -0.4 is 10.2 Å². The number of hydrogen-bond donors (Lipinski definition) is 1. The average Bonchev–Trinajstić information content (AvgIpc) is 2.42. The Balaban J connectivity index is 2.91. The third-order valence-electron chi connectivity index (χ3n) is 3.54. The summed E-state index contributed by atoms with van der Waals surface area (Å²) in [6.45, 7) is 7.36. The van der Waals surface area contributed by atoms with Crippen molar-refractivity contribution >= 4 is 16.9 Å². The Kier molecular flexibility index (Phi) is 4.02. The van der Waals surface area contributed by atoms with Crippen molar-refractivity contribution in [1.29, 1.82) is 0 Å².